The highest BCUT2D eigenvalue weighted by Crippen LogP contribution is 2.56. The molecule has 3 heteroatoms. The van der Waals surface area contributed by atoms with E-state index < -0.39 is 0 Å². The van der Waals surface area contributed by atoms with Gasteiger partial charge in [-0.15, -0.1) is 0 Å². The van der Waals surface area contributed by atoms with Crippen LogP contribution in [-0.2, 0) is 0 Å². The molecule has 0 bridgehead atoms. The fraction of sp³-hybridized carbons (Fsp3) is 0.643. The van der Waals surface area contributed by atoms with Crippen LogP contribution in [0.4, 0.5) is 4.39 Å². The van der Waals surface area contributed by atoms with Crippen molar-refractivity contribution in [2.75, 3.05) is 7.05 Å². The van der Waals surface area contributed by atoms with Crippen molar-refractivity contribution in [3.05, 3.63) is 29.8 Å². The van der Waals surface area contributed by atoms with E-state index in [4.69, 9.17) is 0 Å². The number of nitrogens with one attached hydrogen (secondary N) is 1. The Labute approximate surface area is 103 Å². The Balaban J connectivity index is 2.25. The molecular weight excluding hydrogens is 215 g/mol. The third-order valence-corrected chi connectivity index (χ3v) is 4.63. The summed E-state index contributed by atoms with van der Waals surface area (Å²) in [7, 11) is 2.03. The highest BCUT2D eigenvalue weighted by Gasteiger charge is 2.52. The van der Waals surface area contributed by atoms with Crippen LogP contribution in [0.2, 0.25) is 0 Å². The summed E-state index contributed by atoms with van der Waals surface area (Å²) in [5, 5.41) is 3.40. The van der Waals surface area contributed by atoms with Crippen molar-refractivity contribution in [2.45, 2.75) is 45.1 Å². The lowest BCUT2D eigenvalue weighted by atomic mass is 9.52. The summed E-state index contributed by atoms with van der Waals surface area (Å²) >= 11 is 0. The molecule has 17 heavy (non-hydrogen) atoms. The first kappa shape index (κ1) is 12.5. The van der Waals surface area contributed by atoms with Gasteiger partial charge in [0.2, 0.25) is 0 Å². The number of aromatic nitrogens is 1. The zero-order valence-corrected chi connectivity index (χ0v) is 10.8. The van der Waals surface area contributed by atoms with Crippen LogP contribution in [0.3, 0.4) is 0 Å². The van der Waals surface area contributed by atoms with E-state index >= 15 is 0 Å². The molecule has 1 aromatic rings. The number of rotatable bonds is 4. The van der Waals surface area contributed by atoms with Crippen LogP contribution in [0.15, 0.2) is 18.3 Å². The smallest absolute Gasteiger partial charge is 0.141 e. The molecule has 1 heterocycles. The second kappa shape index (κ2) is 4.73. The lowest BCUT2D eigenvalue weighted by Crippen LogP contribution is -2.57. The maximum atomic E-state index is 12.9. The van der Waals surface area contributed by atoms with Crippen molar-refractivity contribution < 1.29 is 4.39 Å². The Morgan fingerprint density at radius 2 is 2.12 bits per heavy atom. The number of pyridine rings is 1. The fourth-order valence-electron chi connectivity index (χ4n) is 3.44. The van der Waals surface area contributed by atoms with Crippen LogP contribution in [0.25, 0.3) is 0 Å². The topological polar surface area (TPSA) is 24.9 Å². The van der Waals surface area contributed by atoms with Crippen LogP contribution < -0.4 is 5.32 Å². The first-order chi connectivity index (χ1) is 8.17. The third kappa shape index (κ3) is 1.86. The molecule has 2 atom stereocenters. The number of hydrogen-bond acceptors (Lipinski definition) is 2. The van der Waals surface area contributed by atoms with Crippen molar-refractivity contribution in [1.82, 2.24) is 10.3 Å². The maximum Gasteiger partial charge on any atom is 0.141 e. The number of hydrogen-bond donors (Lipinski definition) is 1. The molecule has 2 unspecified atom stereocenters. The molecule has 1 aliphatic carbocycles. The molecule has 2 nitrogen and oxygen atoms in total. The first-order valence-corrected chi connectivity index (χ1v) is 6.46. The van der Waals surface area contributed by atoms with Gasteiger partial charge >= 0.3 is 0 Å². The second-order valence-electron chi connectivity index (χ2n) is 4.97. The van der Waals surface area contributed by atoms with Gasteiger partial charge in [0.25, 0.3) is 0 Å². The minimum atomic E-state index is -0.253. The molecule has 1 N–H and O–H groups in total. The van der Waals surface area contributed by atoms with Crippen molar-refractivity contribution in [3.8, 4) is 0 Å². The lowest BCUT2D eigenvalue weighted by Gasteiger charge is -2.55. The molecule has 0 saturated heterocycles. The Kier molecular flexibility index (Phi) is 3.48. The summed E-state index contributed by atoms with van der Waals surface area (Å²) < 4.78 is 12.9. The molecule has 2 rings (SSSR count). The molecule has 0 aromatic carbocycles. The minimum absolute atomic E-state index is 0.253. The lowest BCUT2D eigenvalue weighted by molar-refractivity contribution is 0.0223. The summed E-state index contributed by atoms with van der Waals surface area (Å²) in [5.74, 6) is 0.215. The van der Waals surface area contributed by atoms with Crippen molar-refractivity contribution >= 4 is 0 Å². The van der Waals surface area contributed by atoms with Gasteiger partial charge in [0.05, 0.1) is 6.20 Å². The van der Waals surface area contributed by atoms with Crippen molar-refractivity contribution in [3.63, 3.8) is 0 Å². The van der Waals surface area contributed by atoms with Gasteiger partial charge in [0.15, 0.2) is 0 Å². The summed E-state index contributed by atoms with van der Waals surface area (Å²) in [5.41, 5.74) is 1.33. The number of halogens is 1. The van der Waals surface area contributed by atoms with E-state index in [9.17, 15) is 4.39 Å². The van der Waals surface area contributed by atoms with E-state index in [-0.39, 0.29) is 5.82 Å². The molecule has 1 saturated carbocycles. The first-order valence-electron chi connectivity index (χ1n) is 6.46. The van der Waals surface area contributed by atoms with Gasteiger partial charge in [-0.1, -0.05) is 13.8 Å². The molecule has 94 valence electrons. The highest BCUT2D eigenvalue weighted by atomic mass is 19.1. The van der Waals surface area contributed by atoms with Gasteiger partial charge in [-0.3, -0.25) is 4.98 Å². The largest absolute Gasteiger partial charge is 0.316 e. The van der Waals surface area contributed by atoms with Gasteiger partial charge in [0, 0.05) is 17.7 Å². The van der Waals surface area contributed by atoms with Crippen LogP contribution in [0.1, 0.15) is 44.7 Å². The van der Waals surface area contributed by atoms with Crippen LogP contribution >= 0.6 is 0 Å². The van der Waals surface area contributed by atoms with Gasteiger partial charge in [-0.05, 0) is 43.9 Å². The monoisotopic (exact) mass is 236 g/mol. The zero-order valence-electron chi connectivity index (χ0n) is 10.8. The fourth-order valence-corrected chi connectivity index (χ4v) is 3.44. The molecule has 0 radical (unpaired) electrons. The van der Waals surface area contributed by atoms with E-state index in [0.717, 1.165) is 25.0 Å². The molecule has 0 spiro atoms. The van der Waals surface area contributed by atoms with E-state index in [0.29, 0.717) is 17.4 Å². The SMILES string of the molecule is CCC1(CC)C(NC)CC1c1ccc(F)cn1. The standard InChI is InChI=1S/C14H21FN2/c1-4-14(5-2)11(8-13(14)16-3)12-7-6-10(15)9-17-12/h6-7,9,11,13,16H,4-5,8H2,1-3H3. The predicted octanol–water partition coefficient (Wildman–Crippen LogP) is 3.10. The van der Waals surface area contributed by atoms with Gasteiger partial charge < -0.3 is 5.32 Å². The Morgan fingerprint density at radius 1 is 1.41 bits per heavy atom. The minimum Gasteiger partial charge on any atom is -0.316 e. The molecule has 1 aromatic heterocycles. The van der Waals surface area contributed by atoms with Crippen LogP contribution in [-0.4, -0.2) is 18.1 Å². The molecule has 1 fully saturated rings. The van der Waals surface area contributed by atoms with E-state index in [1.54, 1.807) is 0 Å². The Hall–Kier alpha value is -0.960. The highest BCUT2D eigenvalue weighted by molar-refractivity contribution is 5.22. The van der Waals surface area contributed by atoms with E-state index in [1.807, 2.05) is 13.1 Å². The van der Waals surface area contributed by atoms with E-state index in [2.05, 4.69) is 24.1 Å². The molecule has 1 aliphatic rings. The van der Waals surface area contributed by atoms with E-state index in [1.165, 1.54) is 12.3 Å². The summed E-state index contributed by atoms with van der Waals surface area (Å²) in [4.78, 5) is 4.26. The summed E-state index contributed by atoms with van der Waals surface area (Å²) in [6.45, 7) is 4.48. The number of nitrogens with zero attached hydrogens (tertiary/aromatic N) is 1. The van der Waals surface area contributed by atoms with Gasteiger partial charge in [-0.2, -0.15) is 0 Å². The Bertz CT molecular complexity index is 370. The van der Waals surface area contributed by atoms with Crippen molar-refractivity contribution in [1.29, 1.82) is 0 Å². The Morgan fingerprint density at radius 3 is 2.59 bits per heavy atom. The van der Waals surface area contributed by atoms with Gasteiger partial charge in [-0.25, -0.2) is 4.39 Å². The van der Waals surface area contributed by atoms with Gasteiger partial charge in [0.1, 0.15) is 5.82 Å². The quantitative estimate of drug-likeness (QED) is 0.869. The molecule has 0 amide bonds. The van der Waals surface area contributed by atoms with Crippen molar-refractivity contribution in [2.24, 2.45) is 5.41 Å². The molecular formula is C14H21FN2. The summed E-state index contributed by atoms with van der Waals surface area (Å²) in [6, 6.07) is 3.92. The average molecular weight is 236 g/mol. The third-order valence-electron chi connectivity index (χ3n) is 4.63. The average Bonchev–Trinajstić information content (AvgIpc) is 2.33. The normalized spacial score (nSPS) is 26.6. The predicted molar refractivity (Wildman–Crippen MR) is 67.4 cm³/mol. The zero-order chi connectivity index (χ0) is 12.5. The molecule has 0 aliphatic heterocycles. The summed E-state index contributed by atoms with van der Waals surface area (Å²) in [6.07, 6.45) is 4.71. The van der Waals surface area contributed by atoms with Crippen LogP contribution in [0, 0.1) is 11.2 Å². The second-order valence-corrected chi connectivity index (χ2v) is 4.97. The maximum absolute atomic E-state index is 12.9. The van der Waals surface area contributed by atoms with Crippen LogP contribution in [0.5, 0.6) is 0 Å².